The molecule has 0 aromatic heterocycles. The maximum Gasteiger partial charge on any atom is 0.338 e. The Labute approximate surface area is 65.2 Å². The van der Waals surface area contributed by atoms with Crippen LogP contribution in [0.4, 0.5) is 4.39 Å². The van der Waals surface area contributed by atoms with E-state index >= 15 is 0 Å². The standard InChI is InChI=1S/C7H13FO3/c1-3-11-4-5(2)6(8)7(9)10/h5-6H,3-4H2,1-2H3,(H,9,10). The molecule has 0 heterocycles. The van der Waals surface area contributed by atoms with Gasteiger partial charge < -0.3 is 9.84 Å². The fraction of sp³-hybridized carbons (Fsp3) is 0.857. The first-order valence-corrected chi connectivity index (χ1v) is 3.54. The molecule has 11 heavy (non-hydrogen) atoms. The second kappa shape index (κ2) is 5.07. The van der Waals surface area contributed by atoms with Gasteiger partial charge in [0.05, 0.1) is 6.61 Å². The van der Waals surface area contributed by atoms with E-state index < -0.39 is 18.1 Å². The van der Waals surface area contributed by atoms with Crippen LogP contribution in [0.15, 0.2) is 0 Å². The number of ether oxygens (including phenoxy) is 1. The number of alkyl halides is 1. The molecular weight excluding hydrogens is 151 g/mol. The summed E-state index contributed by atoms with van der Waals surface area (Å²) >= 11 is 0. The number of aliphatic carboxylic acids is 1. The molecule has 2 atom stereocenters. The summed E-state index contributed by atoms with van der Waals surface area (Å²) in [4.78, 5) is 10.1. The lowest BCUT2D eigenvalue weighted by molar-refractivity contribution is -0.145. The minimum Gasteiger partial charge on any atom is -0.479 e. The van der Waals surface area contributed by atoms with Crippen LogP contribution in [0.5, 0.6) is 0 Å². The smallest absolute Gasteiger partial charge is 0.338 e. The first-order chi connectivity index (χ1) is 5.09. The molecule has 4 heteroatoms. The van der Waals surface area contributed by atoms with Crippen molar-refractivity contribution in [3.63, 3.8) is 0 Å². The monoisotopic (exact) mass is 164 g/mol. The lowest BCUT2D eigenvalue weighted by Crippen LogP contribution is -2.26. The summed E-state index contributed by atoms with van der Waals surface area (Å²) in [6, 6.07) is 0. The number of rotatable bonds is 5. The van der Waals surface area contributed by atoms with Gasteiger partial charge in [0.15, 0.2) is 0 Å². The number of carbonyl (C=O) groups is 1. The van der Waals surface area contributed by atoms with Crippen LogP contribution in [0.25, 0.3) is 0 Å². The van der Waals surface area contributed by atoms with E-state index in [1.165, 1.54) is 6.92 Å². The Morgan fingerprint density at radius 3 is 2.64 bits per heavy atom. The molecule has 0 aliphatic heterocycles. The minimum atomic E-state index is -1.82. The molecule has 0 radical (unpaired) electrons. The van der Waals surface area contributed by atoms with E-state index in [-0.39, 0.29) is 6.61 Å². The Balaban J connectivity index is 3.63. The topological polar surface area (TPSA) is 46.5 Å². The van der Waals surface area contributed by atoms with E-state index in [9.17, 15) is 9.18 Å². The lowest BCUT2D eigenvalue weighted by Gasteiger charge is -2.11. The van der Waals surface area contributed by atoms with Crippen molar-refractivity contribution in [2.75, 3.05) is 13.2 Å². The van der Waals surface area contributed by atoms with Gasteiger partial charge >= 0.3 is 5.97 Å². The first-order valence-electron chi connectivity index (χ1n) is 3.54. The summed E-state index contributed by atoms with van der Waals surface area (Å²) < 4.78 is 17.4. The number of halogens is 1. The number of hydrogen-bond acceptors (Lipinski definition) is 2. The van der Waals surface area contributed by atoms with Crippen molar-refractivity contribution in [3.05, 3.63) is 0 Å². The molecule has 2 unspecified atom stereocenters. The Kier molecular flexibility index (Phi) is 4.77. The zero-order valence-electron chi connectivity index (χ0n) is 6.71. The Morgan fingerprint density at radius 1 is 1.73 bits per heavy atom. The molecule has 0 aromatic rings. The molecule has 0 amide bonds. The molecule has 3 nitrogen and oxygen atoms in total. The normalized spacial score (nSPS) is 15.9. The van der Waals surface area contributed by atoms with E-state index in [0.29, 0.717) is 6.61 Å². The van der Waals surface area contributed by atoms with E-state index in [0.717, 1.165) is 0 Å². The highest BCUT2D eigenvalue weighted by Crippen LogP contribution is 2.07. The van der Waals surface area contributed by atoms with Gasteiger partial charge in [0, 0.05) is 12.5 Å². The molecule has 0 rings (SSSR count). The van der Waals surface area contributed by atoms with Gasteiger partial charge in [0.2, 0.25) is 6.17 Å². The van der Waals surface area contributed by atoms with Crippen LogP contribution in [-0.4, -0.2) is 30.5 Å². The fourth-order valence-corrected chi connectivity index (χ4v) is 0.632. The molecular formula is C7H13FO3. The van der Waals surface area contributed by atoms with Crippen molar-refractivity contribution in [1.29, 1.82) is 0 Å². The predicted molar refractivity (Wildman–Crippen MR) is 38.2 cm³/mol. The Morgan fingerprint density at radius 2 is 2.27 bits per heavy atom. The average molecular weight is 164 g/mol. The van der Waals surface area contributed by atoms with E-state index in [4.69, 9.17) is 9.84 Å². The molecule has 66 valence electrons. The number of carboxylic acid groups (broad SMARTS) is 1. The third kappa shape index (κ3) is 3.93. The zero-order valence-corrected chi connectivity index (χ0v) is 6.71. The SMILES string of the molecule is CCOCC(C)C(F)C(=O)O. The van der Waals surface area contributed by atoms with Crippen LogP contribution >= 0.6 is 0 Å². The van der Waals surface area contributed by atoms with E-state index in [1.807, 2.05) is 0 Å². The minimum absolute atomic E-state index is 0.157. The molecule has 0 spiro atoms. The van der Waals surface area contributed by atoms with Crippen molar-refractivity contribution < 1.29 is 19.0 Å². The van der Waals surface area contributed by atoms with Crippen molar-refractivity contribution in [3.8, 4) is 0 Å². The molecule has 1 N–H and O–H groups in total. The number of hydrogen-bond donors (Lipinski definition) is 1. The van der Waals surface area contributed by atoms with Gasteiger partial charge in [0.25, 0.3) is 0 Å². The van der Waals surface area contributed by atoms with Gasteiger partial charge in [-0.3, -0.25) is 0 Å². The first kappa shape index (κ1) is 10.4. The highest BCUT2D eigenvalue weighted by Gasteiger charge is 2.23. The molecule has 0 saturated heterocycles. The lowest BCUT2D eigenvalue weighted by atomic mass is 10.1. The maximum absolute atomic E-state index is 12.6. The van der Waals surface area contributed by atoms with Crippen LogP contribution in [-0.2, 0) is 9.53 Å². The Hall–Kier alpha value is -0.640. The second-order valence-corrected chi connectivity index (χ2v) is 2.38. The van der Waals surface area contributed by atoms with Crippen molar-refractivity contribution >= 4 is 5.97 Å². The summed E-state index contributed by atoms with van der Waals surface area (Å²) in [5.74, 6) is -2.00. The van der Waals surface area contributed by atoms with Gasteiger partial charge in [-0.2, -0.15) is 0 Å². The summed E-state index contributed by atoms with van der Waals surface area (Å²) in [6.45, 7) is 3.93. The van der Waals surface area contributed by atoms with Crippen molar-refractivity contribution in [1.82, 2.24) is 0 Å². The summed E-state index contributed by atoms with van der Waals surface area (Å²) in [5, 5.41) is 8.22. The molecule has 0 aromatic carbocycles. The predicted octanol–water partition coefficient (Wildman–Crippen LogP) is 1.08. The van der Waals surface area contributed by atoms with Crippen LogP contribution < -0.4 is 0 Å². The van der Waals surface area contributed by atoms with Gasteiger partial charge in [-0.1, -0.05) is 6.92 Å². The van der Waals surface area contributed by atoms with Gasteiger partial charge in [-0.15, -0.1) is 0 Å². The quantitative estimate of drug-likeness (QED) is 0.661. The third-order valence-electron chi connectivity index (χ3n) is 1.32. The molecule has 0 saturated carbocycles. The summed E-state index contributed by atoms with van der Waals surface area (Å²) in [5.41, 5.74) is 0. The van der Waals surface area contributed by atoms with Gasteiger partial charge in [0.1, 0.15) is 0 Å². The maximum atomic E-state index is 12.6. The van der Waals surface area contributed by atoms with Crippen LogP contribution in [0.3, 0.4) is 0 Å². The highest BCUT2D eigenvalue weighted by atomic mass is 19.1. The van der Waals surface area contributed by atoms with Crippen LogP contribution in [0.2, 0.25) is 0 Å². The van der Waals surface area contributed by atoms with Crippen LogP contribution in [0, 0.1) is 5.92 Å². The van der Waals surface area contributed by atoms with Gasteiger partial charge in [-0.25, -0.2) is 9.18 Å². The average Bonchev–Trinajstić information content (AvgIpc) is 1.98. The zero-order chi connectivity index (χ0) is 8.85. The van der Waals surface area contributed by atoms with Crippen molar-refractivity contribution in [2.24, 2.45) is 5.92 Å². The van der Waals surface area contributed by atoms with E-state index in [1.54, 1.807) is 6.92 Å². The molecule has 0 aliphatic rings. The van der Waals surface area contributed by atoms with Crippen molar-refractivity contribution in [2.45, 2.75) is 20.0 Å². The van der Waals surface area contributed by atoms with Gasteiger partial charge in [-0.05, 0) is 6.92 Å². The molecule has 0 fully saturated rings. The third-order valence-corrected chi connectivity index (χ3v) is 1.32. The molecule has 0 aliphatic carbocycles. The Bertz CT molecular complexity index is 127. The van der Waals surface area contributed by atoms with E-state index in [2.05, 4.69) is 0 Å². The molecule has 0 bridgehead atoms. The highest BCUT2D eigenvalue weighted by molar-refractivity contribution is 5.72. The van der Waals surface area contributed by atoms with Crippen LogP contribution in [0.1, 0.15) is 13.8 Å². The fourth-order valence-electron chi connectivity index (χ4n) is 0.632. The second-order valence-electron chi connectivity index (χ2n) is 2.38. The summed E-state index contributed by atoms with van der Waals surface area (Å²) in [6.07, 6.45) is -1.82. The largest absolute Gasteiger partial charge is 0.479 e. The number of carboxylic acids is 1. The summed E-state index contributed by atoms with van der Waals surface area (Å²) in [7, 11) is 0.